The van der Waals surface area contributed by atoms with Gasteiger partial charge in [0.2, 0.25) is 10.0 Å². The van der Waals surface area contributed by atoms with Gasteiger partial charge in [0.15, 0.2) is 4.90 Å². The number of halogens is 1. The van der Waals surface area contributed by atoms with Crippen molar-refractivity contribution < 1.29 is 27.8 Å². The lowest BCUT2D eigenvalue weighted by Crippen LogP contribution is -2.28. The van der Waals surface area contributed by atoms with Gasteiger partial charge in [-0.3, -0.25) is 0 Å². The summed E-state index contributed by atoms with van der Waals surface area (Å²) in [5.41, 5.74) is 6.51. The van der Waals surface area contributed by atoms with Gasteiger partial charge in [-0.2, -0.15) is 0 Å². The van der Waals surface area contributed by atoms with E-state index in [0.29, 0.717) is 17.9 Å². The minimum absolute atomic E-state index is 0.0529. The van der Waals surface area contributed by atoms with Crippen LogP contribution in [-0.2, 0) is 29.3 Å². The van der Waals surface area contributed by atoms with Gasteiger partial charge in [0.25, 0.3) is 0 Å². The van der Waals surface area contributed by atoms with Crippen LogP contribution in [0.5, 0.6) is 11.5 Å². The molecule has 1 heterocycles. The molecule has 8 nitrogen and oxygen atoms in total. The minimum Gasteiger partial charge on any atom is -0.495 e. The van der Waals surface area contributed by atoms with Gasteiger partial charge in [-0.15, -0.1) is 0 Å². The Morgan fingerprint density at radius 3 is 1.96 bits per heavy atom. The Morgan fingerprint density at radius 1 is 0.784 bits per heavy atom. The lowest BCUT2D eigenvalue weighted by molar-refractivity contribution is 0.0697. The van der Waals surface area contributed by atoms with Crippen LogP contribution in [0.25, 0.3) is 10.9 Å². The maximum atomic E-state index is 13.8. The van der Waals surface area contributed by atoms with E-state index in [0.717, 1.165) is 51.7 Å². The van der Waals surface area contributed by atoms with Crippen molar-refractivity contribution in [3.05, 3.63) is 160 Å². The molecular formula is C41H39ClN2O6S. The van der Waals surface area contributed by atoms with Gasteiger partial charge in [-0.1, -0.05) is 90.5 Å². The molecule has 6 aromatic rings. The first-order valence-electron chi connectivity index (χ1n) is 16.7. The van der Waals surface area contributed by atoms with E-state index in [2.05, 4.69) is 33.6 Å². The number of nitrogens with one attached hydrogen (secondary N) is 1. The molecule has 10 heteroatoms. The first kappa shape index (κ1) is 35.7. The average molecular weight is 723 g/mol. The van der Waals surface area contributed by atoms with Crippen LogP contribution in [0.2, 0.25) is 5.02 Å². The highest BCUT2D eigenvalue weighted by Gasteiger charge is 2.28. The lowest BCUT2D eigenvalue weighted by atomic mass is 9.97. The number of aryl methyl sites for hydroxylation is 2. The molecular weight excluding hydrogens is 684 g/mol. The highest BCUT2D eigenvalue weighted by atomic mass is 35.5. The fourth-order valence-electron chi connectivity index (χ4n) is 6.75. The zero-order valence-corrected chi connectivity index (χ0v) is 30.0. The van der Waals surface area contributed by atoms with E-state index >= 15 is 0 Å². The molecule has 0 aliphatic carbocycles. The molecule has 0 saturated heterocycles. The molecule has 0 amide bonds. The maximum absolute atomic E-state index is 13.8. The minimum atomic E-state index is -4.04. The predicted molar refractivity (Wildman–Crippen MR) is 201 cm³/mol. The molecule has 51 heavy (non-hydrogen) atoms. The number of rotatable bonds is 15. The van der Waals surface area contributed by atoms with Crippen molar-refractivity contribution in [2.75, 3.05) is 20.8 Å². The van der Waals surface area contributed by atoms with Gasteiger partial charge in [-0.05, 0) is 84.0 Å². The molecule has 2 N–H and O–H groups in total. The number of carboxylic acid groups (broad SMARTS) is 1. The third-order valence-corrected chi connectivity index (χ3v) is 10.8. The fraction of sp³-hybridized carbons (Fsp3) is 0.195. The number of carboxylic acids is 1. The zero-order chi connectivity index (χ0) is 36.0. The second-order valence-electron chi connectivity index (χ2n) is 12.2. The van der Waals surface area contributed by atoms with E-state index in [-0.39, 0.29) is 34.5 Å². The molecule has 0 aliphatic heterocycles. The Balaban J connectivity index is 1.44. The molecule has 6 rings (SSSR count). The van der Waals surface area contributed by atoms with Crippen LogP contribution in [0.15, 0.2) is 126 Å². The number of benzene rings is 5. The third-order valence-electron chi connectivity index (χ3n) is 9.07. The van der Waals surface area contributed by atoms with Crippen molar-refractivity contribution in [2.24, 2.45) is 0 Å². The summed E-state index contributed by atoms with van der Waals surface area (Å²) in [7, 11) is -1.18. The molecule has 0 bridgehead atoms. The Hall–Kier alpha value is -5.09. The molecule has 1 aromatic heterocycles. The summed E-state index contributed by atoms with van der Waals surface area (Å²) in [6.45, 7) is 0.105. The molecule has 0 radical (unpaired) electrons. The molecule has 262 valence electrons. The van der Waals surface area contributed by atoms with Crippen LogP contribution < -0.4 is 14.2 Å². The number of aromatic carboxylic acids is 1. The van der Waals surface area contributed by atoms with Crippen molar-refractivity contribution in [2.45, 2.75) is 36.6 Å². The van der Waals surface area contributed by atoms with Crippen molar-refractivity contribution in [3.8, 4) is 11.5 Å². The van der Waals surface area contributed by atoms with Gasteiger partial charge in [0.1, 0.15) is 11.5 Å². The van der Waals surface area contributed by atoms with Crippen molar-refractivity contribution in [1.29, 1.82) is 0 Å². The van der Waals surface area contributed by atoms with Gasteiger partial charge >= 0.3 is 5.97 Å². The number of nitrogens with zero attached hydrogens (tertiary/aromatic N) is 1. The Kier molecular flexibility index (Phi) is 11.1. The summed E-state index contributed by atoms with van der Waals surface area (Å²) in [5, 5.41) is 10.9. The van der Waals surface area contributed by atoms with Gasteiger partial charge in [0.05, 0.1) is 25.8 Å². The largest absolute Gasteiger partial charge is 0.495 e. The van der Waals surface area contributed by atoms with E-state index in [9.17, 15) is 18.3 Å². The van der Waals surface area contributed by atoms with Crippen molar-refractivity contribution >= 4 is 38.5 Å². The van der Waals surface area contributed by atoms with E-state index in [1.54, 1.807) is 30.3 Å². The number of hydrogen-bond donors (Lipinski definition) is 2. The summed E-state index contributed by atoms with van der Waals surface area (Å²) < 4.78 is 43.6. The summed E-state index contributed by atoms with van der Waals surface area (Å²) in [6.07, 6.45) is 2.56. The molecule has 0 atom stereocenters. The fourth-order valence-corrected chi connectivity index (χ4v) is 8.27. The van der Waals surface area contributed by atoms with Crippen LogP contribution in [-0.4, -0.2) is 44.8 Å². The number of ether oxygens (including phenoxy) is 2. The van der Waals surface area contributed by atoms with Crippen molar-refractivity contribution in [3.63, 3.8) is 0 Å². The van der Waals surface area contributed by atoms with E-state index in [4.69, 9.17) is 21.1 Å². The zero-order valence-electron chi connectivity index (χ0n) is 28.4. The number of aromatic nitrogens is 1. The Bertz CT molecular complexity index is 2180. The van der Waals surface area contributed by atoms with E-state index < -0.39 is 16.0 Å². The van der Waals surface area contributed by atoms with Crippen LogP contribution in [0, 0.1) is 0 Å². The predicted octanol–water partition coefficient (Wildman–Crippen LogP) is 8.34. The smallest absolute Gasteiger partial charge is 0.335 e. The second kappa shape index (κ2) is 15.9. The molecule has 0 spiro atoms. The van der Waals surface area contributed by atoms with E-state index in [1.165, 1.54) is 14.2 Å². The quantitative estimate of drug-likeness (QED) is 0.110. The van der Waals surface area contributed by atoms with Gasteiger partial charge in [0, 0.05) is 34.6 Å². The number of fused-ring (bicyclic) bond motifs is 1. The SMILES string of the molecule is COc1cccc(OC)c1S(=O)(=O)NCCc1c(CCCc2ccc(C(=O)O)cc2)c2cc(Cl)ccc2n1C(c1ccccc1)c1ccccc1. The molecule has 5 aromatic carbocycles. The van der Waals surface area contributed by atoms with Crippen molar-refractivity contribution in [1.82, 2.24) is 9.29 Å². The highest BCUT2D eigenvalue weighted by Crippen LogP contribution is 2.38. The monoisotopic (exact) mass is 722 g/mol. The summed E-state index contributed by atoms with van der Waals surface area (Å²) in [6, 6.07) is 38.1. The normalized spacial score (nSPS) is 11.6. The standard InChI is InChI=1S/C41H39ClN2O6S/c1-49-37-17-10-18-38(50-2)40(37)51(47,48)43-26-25-36-33(16-9-11-28-19-21-31(22-20-28)41(45)46)34-27-32(42)23-24-35(34)44(36)39(29-12-5-3-6-13-29)30-14-7-4-8-15-30/h3-8,10,12-15,17-24,27,39,43H,9,11,16,25-26H2,1-2H3,(H,45,46). The topological polar surface area (TPSA) is 107 Å². The van der Waals surface area contributed by atoms with Gasteiger partial charge in [-0.25, -0.2) is 17.9 Å². The number of methoxy groups -OCH3 is 2. The average Bonchev–Trinajstić information content (AvgIpc) is 3.43. The van der Waals surface area contributed by atoms with Crippen LogP contribution >= 0.6 is 11.6 Å². The second-order valence-corrected chi connectivity index (χ2v) is 14.3. The Labute approximate surface area is 303 Å². The van der Waals surface area contributed by atoms with Crippen LogP contribution in [0.1, 0.15) is 50.8 Å². The number of sulfonamides is 1. The summed E-state index contributed by atoms with van der Waals surface area (Å²) in [5.74, 6) is -0.575. The molecule has 0 aliphatic rings. The molecule has 0 fully saturated rings. The van der Waals surface area contributed by atoms with Crippen LogP contribution in [0.4, 0.5) is 0 Å². The maximum Gasteiger partial charge on any atom is 0.335 e. The summed E-state index contributed by atoms with van der Waals surface area (Å²) >= 11 is 6.65. The summed E-state index contributed by atoms with van der Waals surface area (Å²) in [4.78, 5) is 11.3. The third kappa shape index (κ3) is 7.81. The molecule has 0 unspecified atom stereocenters. The highest BCUT2D eigenvalue weighted by molar-refractivity contribution is 7.89. The first-order valence-corrected chi connectivity index (χ1v) is 18.5. The first-order chi connectivity index (χ1) is 24.7. The lowest BCUT2D eigenvalue weighted by Gasteiger charge is -2.25. The van der Waals surface area contributed by atoms with Crippen LogP contribution in [0.3, 0.4) is 0 Å². The Morgan fingerprint density at radius 2 is 1.39 bits per heavy atom. The van der Waals surface area contributed by atoms with Gasteiger partial charge < -0.3 is 19.1 Å². The number of hydrogen-bond acceptors (Lipinski definition) is 5. The van der Waals surface area contributed by atoms with E-state index in [1.807, 2.05) is 66.7 Å². The number of carbonyl (C=O) groups is 1. The molecule has 0 saturated carbocycles.